The number of hydrazine groups is 1. The molecule has 144 valence electrons. The molecule has 1 amide bonds. The maximum absolute atomic E-state index is 12.6. The summed E-state index contributed by atoms with van der Waals surface area (Å²) >= 11 is 0. The molecule has 2 unspecified atom stereocenters. The van der Waals surface area contributed by atoms with Gasteiger partial charge in [0.05, 0.1) is 19.2 Å². The molecule has 2 fully saturated rings. The Kier molecular flexibility index (Phi) is 6.13. The highest BCUT2D eigenvalue weighted by Crippen LogP contribution is 2.29. The van der Waals surface area contributed by atoms with Crippen LogP contribution in [-0.2, 0) is 4.79 Å². The second kappa shape index (κ2) is 8.35. The minimum absolute atomic E-state index is 0.0553. The van der Waals surface area contributed by atoms with Crippen LogP contribution in [0.2, 0.25) is 0 Å². The van der Waals surface area contributed by atoms with Gasteiger partial charge in [0.25, 0.3) is 0 Å². The Labute approximate surface area is 155 Å². The van der Waals surface area contributed by atoms with Gasteiger partial charge < -0.3 is 15.8 Å². The smallest absolute Gasteiger partial charge is 0.237 e. The summed E-state index contributed by atoms with van der Waals surface area (Å²) in [4.78, 5) is 14.8. The highest BCUT2D eigenvalue weighted by Gasteiger charge is 2.39. The highest BCUT2D eigenvalue weighted by molar-refractivity contribution is 5.82. The Morgan fingerprint density at radius 1 is 1.38 bits per heavy atom. The molecule has 2 heterocycles. The Balaban J connectivity index is 1.68. The van der Waals surface area contributed by atoms with Crippen molar-refractivity contribution in [2.24, 2.45) is 11.7 Å². The molecule has 0 radical (unpaired) electrons. The van der Waals surface area contributed by atoms with Crippen LogP contribution < -0.4 is 26.6 Å². The van der Waals surface area contributed by atoms with E-state index in [1.165, 1.54) is 5.56 Å². The molecule has 1 aromatic carbocycles. The number of benzene rings is 1. The van der Waals surface area contributed by atoms with Gasteiger partial charge in [-0.05, 0) is 38.0 Å². The average molecular weight is 361 g/mol. The summed E-state index contributed by atoms with van der Waals surface area (Å²) in [7, 11) is 1.67. The number of amides is 1. The number of ether oxygens (including phenoxy) is 1. The minimum atomic E-state index is -0.135. The Morgan fingerprint density at radius 3 is 2.77 bits per heavy atom. The molecule has 5 N–H and O–H groups in total. The van der Waals surface area contributed by atoms with Crippen LogP contribution in [0.4, 0.5) is 0 Å². The number of rotatable bonds is 6. The van der Waals surface area contributed by atoms with E-state index in [-0.39, 0.29) is 30.1 Å². The van der Waals surface area contributed by atoms with Crippen LogP contribution in [0.25, 0.3) is 0 Å². The number of nitrogens with one attached hydrogen (secondary N) is 3. The van der Waals surface area contributed by atoms with Gasteiger partial charge in [-0.15, -0.1) is 0 Å². The molecule has 2 saturated heterocycles. The zero-order chi connectivity index (χ0) is 18.7. The first kappa shape index (κ1) is 19.1. The van der Waals surface area contributed by atoms with Crippen molar-refractivity contribution in [1.82, 2.24) is 21.1 Å². The predicted octanol–water partition coefficient (Wildman–Crippen LogP) is 0.387. The van der Waals surface area contributed by atoms with Gasteiger partial charge in [-0.2, -0.15) is 0 Å². The fraction of sp³-hybridized carbons (Fsp3) is 0.632. The fourth-order valence-corrected chi connectivity index (χ4v) is 3.97. The second-order valence-corrected chi connectivity index (χ2v) is 7.66. The zero-order valence-electron chi connectivity index (χ0n) is 15.9. The second-order valence-electron chi connectivity index (χ2n) is 7.66. The van der Waals surface area contributed by atoms with Gasteiger partial charge in [0, 0.05) is 37.6 Å². The third-order valence-corrected chi connectivity index (χ3v) is 5.21. The van der Waals surface area contributed by atoms with Crippen molar-refractivity contribution in [2.45, 2.75) is 44.4 Å². The first-order chi connectivity index (χ1) is 12.5. The quantitative estimate of drug-likeness (QED) is 0.586. The summed E-state index contributed by atoms with van der Waals surface area (Å²) in [6.45, 7) is 6.44. The maximum Gasteiger partial charge on any atom is 0.237 e. The first-order valence-corrected chi connectivity index (χ1v) is 9.40. The van der Waals surface area contributed by atoms with Crippen molar-refractivity contribution in [2.75, 3.05) is 26.7 Å². The zero-order valence-corrected chi connectivity index (χ0v) is 15.9. The van der Waals surface area contributed by atoms with Gasteiger partial charge in [0.1, 0.15) is 5.75 Å². The highest BCUT2D eigenvalue weighted by atomic mass is 16.5. The average Bonchev–Trinajstić information content (AvgIpc) is 3.21. The van der Waals surface area contributed by atoms with Gasteiger partial charge >= 0.3 is 0 Å². The summed E-state index contributed by atoms with van der Waals surface area (Å²) in [5.74, 6) is 1.31. The van der Waals surface area contributed by atoms with Crippen molar-refractivity contribution in [3.63, 3.8) is 0 Å². The molecule has 0 spiro atoms. The lowest BCUT2D eigenvalue weighted by Gasteiger charge is -2.29. The van der Waals surface area contributed by atoms with Crippen LogP contribution in [0.15, 0.2) is 24.3 Å². The molecule has 4 atom stereocenters. The van der Waals surface area contributed by atoms with Crippen LogP contribution in [0, 0.1) is 5.92 Å². The van der Waals surface area contributed by atoms with E-state index in [4.69, 9.17) is 10.5 Å². The molecule has 0 bridgehead atoms. The summed E-state index contributed by atoms with van der Waals surface area (Å²) in [6.07, 6.45) is 0.722. The standard InChI is InChI=1S/C19H31N5O2/c1-12(2)22-19(25)17-8-15(20)11-24(17)10-14-9-21-23-18(14)13-4-6-16(26-3)7-5-13/h4-7,12,14-15,17-18,21,23H,8-11,20H2,1-3H3,(H,22,25)/t14?,15-,17-,18?/m0/s1. The molecule has 0 aliphatic carbocycles. The number of carbonyl (C=O) groups excluding carboxylic acids is 1. The monoisotopic (exact) mass is 361 g/mol. The number of methoxy groups -OCH3 is 1. The Morgan fingerprint density at radius 2 is 2.12 bits per heavy atom. The number of nitrogens with two attached hydrogens (primary N) is 1. The largest absolute Gasteiger partial charge is 0.497 e. The predicted molar refractivity (Wildman–Crippen MR) is 102 cm³/mol. The van der Waals surface area contributed by atoms with Crippen molar-refractivity contribution in [3.05, 3.63) is 29.8 Å². The summed E-state index contributed by atoms with van der Waals surface area (Å²) in [5, 5.41) is 3.03. The van der Waals surface area contributed by atoms with Crippen LogP contribution in [0.1, 0.15) is 31.9 Å². The lowest BCUT2D eigenvalue weighted by Crippen LogP contribution is -2.47. The number of nitrogens with zero attached hydrogens (tertiary/aromatic N) is 1. The molecule has 7 nitrogen and oxygen atoms in total. The van der Waals surface area contributed by atoms with E-state index in [2.05, 4.69) is 33.2 Å². The van der Waals surface area contributed by atoms with Crippen molar-refractivity contribution in [1.29, 1.82) is 0 Å². The van der Waals surface area contributed by atoms with Gasteiger partial charge in [0.2, 0.25) is 5.91 Å². The minimum Gasteiger partial charge on any atom is -0.497 e. The summed E-state index contributed by atoms with van der Waals surface area (Å²) in [6, 6.07) is 8.41. The van der Waals surface area contributed by atoms with Gasteiger partial charge in [-0.25, -0.2) is 5.43 Å². The third-order valence-electron chi connectivity index (χ3n) is 5.21. The molecule has 0 aromatic heterocycles. The van der Waals surface area contributed by atoms with E-state index in [1.54, 1.807) is 7.11 Å². The molecule has 2 aliphatic rings. The van der Waals surface area contributed by atoms with Crippen molar-refractivity contribution < 1.29 is 9.53 Å². The van der Waals surface area contributed by atoms with Crippen LogP contribution in [0.3, 0.4) is 0 Å². The normalized spacial score (nSPS) is 29.3. The lowest BCUT2D eigenvalue weighted by molar-refractivity contribution is -0.126. The third kappa shape index (κ3) is 4.35. The molecular weight excluding hydrogens is 330 g/mol. The van der Waals surface area contributed by atoms with E-state index < -0.39 is 0 Å². The molecule has 0 saturated carbocycles. The maximum atomic E-state index is 12.6. The summed E-state index contributed by atoms with van der Waals surface area (Å²) < 4.78 is 5.25. The summed E-state index contributed by atoms with van der Waals surface area (Å²) in [5.41, 5.74) is 14.0. The molecular formula is C19H31N5O2. The first-order valence-electron chi connectivity index (χ1n) is 9.40. The molecule has 7 heteroatoms. The fourth-order valence-electron chi connectivity index (χ4n) is 3.97. The van der Waals surface area contributed by atoms with E-state index in [0.717, 1.165) is 31.8 Å². The SMILES string of the molecule is COc1ccc(C2NNCC2CN2C[C@@H](N)C[C@H]2C(=O)NC(C)C)cc1. The van der Waals surface area contributed by atoms with E-state index in [1.807, 2.05) is 26.0 Å². The Hall–Kier alpha value is -1.67. The van der Waals surface area contributed by atoms with Crippen molar-refractivity contribution in [3.8, 4) is 5.75 Å². The number of hydrogen-bond donors (Lipinski definition) is 4. The molecule has 1 aromatic rings. The topological polar surface area (TPSA) is 91.7 Å². The van der Waals surface area contributed by atoms with E-state index in [9.17, 15) is 4.79 Å². The Bertz CT molecular complexity index is 606. The number of carbonyl (C=O) groups is 1. The molecule has 26 heavy (non-hydrogen) atoms. The van der Waals surface area contributed by atoms with Gasteiger partial charge in [0.15, 0.2) is 0 Å². The van der Waals surface area contributed by atoms with Crippen LogP contribution >= 0.6 is 0 Å². The van der Waals surface area contributed by atoms with E-state index in [0.29, 0.717) is 5.92 Å². The van der Waals surface area contributed by atoms with Gasteiger partial charge in [-0.1, -0.05) is 12.1 Å². The van der Waals surface area contributed by atoms with E-state index >= 15 is 0 Å². The van der Waals surface area contributed by atoms with Crippen molar-refractivity contribution >= 4 is 5.91 Å². The van der Waals surface area contributed by atoms with Crippen LogP contribution in [0.5, 0.6) is 5.75 Å². The molecule has 3 rings (SSSR count). The number of hydrogen-bond acceptors (Lipinski definition) is 6. The molecule has 2 aliphatic heterocycles. The van der Waals surface area contributed by atoms with Gasteiger partial charge in [-0.3, -0.25) is 15.1 Å². The lowest BCUT2D eigenvalue weighted by atomic mass is 9.94. The van der Waals surface area contributed by atoms with Crippen LogP contribution in [-0.4, -0.2) is 55.7 Å². The number of likely N-dealkylation sites (tertiary alicyclic amines) is 1.